The molecule has 0 aromatic heterocycles. The summed E-state index contributed by atoms with van der Waals surface area (Å²) in [7, 11) is 0. The van der Waals surface area contributed by atoms with Gasteiger partial charge in [0, 0.05) is 0 Å². The Morgan fingerprint density at radius 1 is 1.26 bits per heavy atom. The van der Waals surface area contributed by atoms with Crippen LogP contribution in [0.1, 0.15) is 49.7 Å². The summed E-state index contributed by atoms with van der Waals surface area (Å²) in [6.45, 7) is 2.33. The molecule has 2 saturated carbocycles. The quantitative estimate of drug-likeness (QED) is 0.637. The van der Waals surface area contributed by atoms with Gasteiger partial charge in [-0.05, 0) is 88.5 Å². The number of phenols is 1. The second kappa shape index (κ2) is 5.76. The minimum absolute atomic E-state index is 0.0798. The summed E-state index contributed by atoms with van der Waals surface area (Å²) in [6, 6.07) is 5.97. The van der Waals surface area contributed by atoms with Crippen LogP contribution in [0.4, 0.5) is 0 Å². The average molecular weight is 424 g/mol. The molecule has 0 heterocycles. The fourth-order valence-electron chi connectivity index (χ4n) is 6.02. The Balaban J connectivity index is 1.80. The van der Waals surface area contributed by atoms with Crippen molar-refractivity contribution in [3.8, 4) is 5.75 Å². The zero-order valence-electron chi connectivity index (χ0n) is 13.6. The van der Waals surface area contributed by atoms with Crippen LogP contribution in [0, 0.1) is 23.2 Å². The lowest BCUT2D eigenvalue weighted by atomic mass is 9.52. The number of benzene rings is 1. The fraction of sp³-hybridized carbons (Fsp3) is 0.600. The van der Waals surface area contributed by atoms with Gasteiger partial charge in [0.2, 0.25) is 0 Å². The van der Waals surface area contributed by atoms with Gasteiger partial charge in [-0.1, -0.05) is 41.7 Å². The Morgan fingerprint density at radius 3 is 2.87 bits per heavy atom. The number of phenolic OH excluding ortho intramolecular Hbond substituents is 1. The van der Waals surface area contributed by atoms with E-state index in [9.17, 15) is 10.2 Å². The van der Waals surface area contributed by atoms with Gasteiger partial charge < -0.3 is 10.2 Å². The maximum absolute atomic E-state index is 10.6. The first-order chi connectivity index (χ1) is 11.0. The van der Waals surface area contributed by atoms with Crippen LogP contribution in [-0.2, 0) is 6.42 Å². The van der Waals surface area contributed by atoms with E-state index in [1.165, 1.54) is 24.0 Å². The maximum Gasteiger partial charge on any atom is 0.115 e. The molecule has 1 aromatic rings. The van der Waals surface area contributed by atoms with Crippen molar-refractivity contribution in [2.24, 2.45) is 23.2 Å². The van der Waals surface area contributed by atoms with Gasteiger partial charge >= 0.3 is 0 Å². The van der Waals surface area contributed by atoms with Gasteiger partial charge in [-0.15, -0.1) is 0 Å². The summed E-state index contributed by atoms with van der Waals surface area (Å²) >= 11 is 2.33. The largest absolute Gasteiger partial charge is 0.508 e. The van der Waals surface area contributed by atoms with E-state index in [0.717, 1.165) is 19.3 Å². The lowest BCUT2D eigenvalue weighted by Gasteiger charge is -2.53. The predicted molar refractivity (Wildman–Crippen MR) is 101 cm³/mol. The van der Waals surface area contributed by atoms with Gasteiger partial charge in [0.25, 0.3) is 0 Å². The minimum atomic E-state index is -0.139. The molecule has 3 aliphatic rings. The van der Waals surface area contributed by atoms with Crippen LogP contribution in [0.15, 0.2) is 28.4 Å². The van der Waals surface area contributed by atoms with Crippen molar-refractivity contribution in [1.82, 2.24) is 0 Å². The summed E-state index contributed by atoms with van der Waals surface area (Å²) in [5.41, 5.74) is 2.86. The molecule has 2 nitrogen and oxygen atoms in total. The molecule has 0 unspecified atom stereocenters. The SMILES string of the molecule is C[C@]12C[C@H](/C=C\I)[C@@H]3c4ccc(O)cc4CC[C@H]3[C@@H]1CC[C@@H]2O. The van der Waals surface area contributed by atoms with Gasteiger partial charge in [0.05, 0.1) is 6.10 Å². The van der Waals surface area contributed by atoms with E-state index < -0.39 is 0 Å². The average Bonchev–Trinajstić information content (AvgIpc) is 2.82. The van der Waals surface area contributed by atoms with Crippen molar-refractivity contribution in [3.63, 3.8) is 0 Å². The third-order valence-corrected chi connectivity index (χ3v) is 7.44. The Bertz CT molecular complexity index is 641. The highest BCUT2D eigenvalue weighted by Crippen LogP contribution is 2.63. The van der Waals surface area contributed by atoms with E-state index in [-0.39, 0.29) is 11.5 Å². The van der Waals surface area contributed by atoms with Gasteiger partial charge in [-0.3, -0.25) is 0 Å². The molecular formula is C20H25IO2. The molecule has 23 heavy (non-hydrogen) atoms. The molecule has 0 bridgehead atoms. The summed E-state index contributed by atoms with van der Waals surface area (Å²) in [6.07, 6.45) is 7.70. The van der Waals surface area contributed by atoms with E-state index in [1.54, 1.807) is 0 Å². The summed E-state index contributed by atoms with van der Waals surface area (Å²) < 4.78 is 2.15. The van der Waals surface area contributed by atoms with Crippen LogP contribution in [0.5, 0.6) is 5.75 Å². The van der Waals surface area contributed by atoms with Gasteiger partial charge in [-0.25, -0.2) is 0 Å². The highest BCUT2D eigenvalue weighted by Gasteiger charge is 2.56. The molecule has 0 saturated heterocycles. The van der Waals surface area contributed by atoms with Crippen molar-refractivity contribution in [2.45, 2.75) is 51.0 Å². The second-order valence-electron chi connectivity index (χ2n) is 8.00. The molecule has 0 spiro atoms. The van der Waals surface area contributed by atoms with Crippen LogP contribution in [0.25, 0.3) is 0 Å². The number of aromatic hydroxyl groups is 1. The first-order valence-corrected chi connectivity index (χ1v) is 10.1. The van der Waals surface area contributed by atoms with Crippen LogP contribution in [0.3, 0.4) is 0 Å². The van der Waals surface area contributed by atoms with Crippen molar-refractivity contribution in [2.75, 3.05) is 0 Å². The fourth-order valence-corrected chi connectivity index (χ4v) is 6.55. The Labute approximate surface area is 152 Å². The monoisotopic (exact) mass is 424 g/mol. The smallest absolute Gasteiger partial charge is 0.115 e. The lowest BCUT2D eigenvalue weighted by Crippen LogP contribution is -2.47. The topological polar surface area (TPSA) is 40.5 Å². The number of halogens is 1. The lowest BCUT2D eigenvalue weighted by molar-refractivity contribution is -0.0384. The van der Waals surface area contributed by atoms with Crippen molar-refractivity contribution in [1.29, 1.82) is 0 Å². The van der Waals surface area contributed by atoms with E-state index in [4.69, 9.17) is 0 Å². The zero-order valence-corrected chi connectivity index (χ0v) is 15.7. The molecule has 1 aromatic carbocycles. The molecule has 2 fully saturated rings. The van der Waals surface area contributed by atoms with E-state index in [0.29, 0.717) is 29.4 Å². The third-order valence-electron chi connectivity index (χ3n) is 7.03. The number of hydrogen-bond acceptors (Lipinski definition) is 2. The van der Waals surface area contributed by atoms with Crippen LogP contribution in [0.2, 0.25) is 0 Å². The minimum Gasteiger partial charge on any atom is -0.508 e. The summed E-state index contributed by atoms with van der Waals surface area (Å²) in [4.78, 5) is 0. The highest BCUT2D eigenvalue weighted by atomic mass is 127. The number of rotatable bonds is 1. The predicted octanol–water partition coefficient (Wildman–Crippen LogP) is 4.78. The molecule has 0 aliphatic heterocycles. The Kier molecular flexibility index (Phi) is 4.00. The molecule has 6 atom stereocenters. The third kappa shape index (κ3) is 2.38. The first kappa shape index (κ1) is 15.9. The second-order valence-corrected chi connectivity index (χ2v) is 8.72. The van der Waals surface area contributed by atoms with Crippen molar-refractivity contribution in [3.05, 3.63) is 39.5 Å². The molecular weight excluding hydrogens is 399 g/mol. The van der Waals surface area contributed by atoms with Crippen LogP contribution >= 0.6 is 22.6 Å². The number of fused-ring (bicyclic) bond motifs is 5. The molecule has 2 N–H and O–H groups in total. The van der Waals surface area contributed by atoms with Gasteiger partial charge in [0.15, 0.2) is 0 Å². The number of aliphatic hydroxyl groups is 1. The number of hydrogen-bond donors (Lipinski definition) is 2. The summed E-state index contributed by atoms with van der Waals surface area (Å²) in [5.74, 6) is 2.74. The number of allylic oxidation sites excluding steroid dienone is 1. The number of aryl methyl sites for hydroxylation is 1. The van der Waals surface area contributed by atoms with Gasteiger partial charge in [-0.2, -0.15) is 0 Å². The molecule has 3 heteroatoms. The highest BCUT2D eigenvalue weighted by molar-refractivity contribution is 14.1. The molecule has 124 valence electrons. The Morgan fingerprint density at radius 2 is 2.09 bits per heavy atom. The number of aliphatic hydroxyl groups excluding tert-OH is 1. The van der Waals surface area contributed by atoms with Gasteiger partial charge in [0.1, 0.15) is 5.75 Å². The Hall–Kier alpha value is -0.550. The maximum atomic E-state index is 10.6. The van der Waals surface area contributed by atoms with E-state index in [1.807, 2.05) is 12.1 Å². The summed E-state index contributed by atoms with van der Waals surface area (Å²) in [5, 5.41) is 20.5. The molecule has 4 rings (SSSR count). The van der Waals surface area contributed by atoms with Crippen LogP contribution in [-0.4, -0.2) is 16.3 Å². The van der Waals surface area contributed by atoms with Crippen molar-refractivity contribution < 1.29 is 10.2 Å². The zero-order chi connectivity index (χ0) is 16.2. The molecule has 0 amide bonds. The molecule has 3 aliphatic carbocycles. The van der Waals surface area contributed by atoms with E-state index >= 15 is 0 Å². The van der Waals surface area contributed by atoms with Crippen molar-refractivity contribution >= 4 is 22.6 Å². The normalized spacial score (nSPS) is 42.3. The van der Waals surface area contributed by atoms with Crippen LogP contribution < -0.4 is 0 Å². The van der Waals surface area contributed by atoms with E-state index in [2.05, 4.69) is 45.7 Å². The first-order valence-electron chi connectivity index (χ1n) is 8.81. The molecule has 0 radical (unpaired) electrons. The standard InChI is InChI=1S/C20H25IO2/c1-20-11-13(8-9-21)19-15-5-3-14(22)10-12(15)2-4-16(19)17(20)6-7-18(20)23/h3,5,8-10,13,16-19,22-23H,2,4,6-7,11H2,1H3/b9-8-/t13-,16-,17-,18-,19+,20-/m0/s1.